The van der Waals surface area contributed by atoms with Gasteiger partial charge in [0.2, 0.25) is 0 Å². The normalized spacial score (nSPS) is 23.8. The monoisotopic (exact) mass is 219 g/mol. The van der Waals surface area contributed by atoms with Crippen LogP contribution in [0, 0.1) is 10.1 Å². The Morgan fingerprint density at radius 2 is 2.00 bits per heavy atom. The van der Waals surface area contributed by atoms with E-state index >= 15 is 0 Å². The highest BCUT2D eigenvalue weighted by molar-refractivity contribution is 5.39. The van der Waals surface area contributed by atoms with E-state index < -0.39 is 4.92 Å². The summed E-state index contributed by atoms with van der Waals surface area (Å²) in [6.45, 7) is 0. The Morgan fingerprint density at radius 1 is 1.31 bits per heavy atom. The molecule has 3 rings (SSSR count). The van der Waals surface area contributed by atoms with Crippen LogP contribution in [0.4, 0.5) is 5.69 Å². The molecule has 2 aliphatic rings. The van der Waals surface area contributed by atoms with Gasteiger partial charge in [0.25, 0.3) is 5.69 Å². The summed E-state index contributed by atoms with van der Waals surface area (Å²) in [6.07, 6.45) is 5.56. The molecule has 0 unspecified atom stereocenters. The minimum absolute atomic E-state index is 0.0160. The second kappa shape index (κ2) is 2.79. The zero-order valence-electron chi connectivity index (χ0n) is 8.85. The van der Waals surface area contributed by atoms with Crippen LogP contribution >= 0.6 is 0 Å². The Balaban J connectivity index is 1.93. The maximum atomic E-state index is 10.5. The molecule has 2 aliphatic carbocycles. The Hall–Kier alpha value is -1.49. The zero-order valence-corrected chi connectivity index (χ0v) is 8.85. The van der Waals surface area contributed by atoms with Gasteiger partial charge in [0.05, 0.1) is 4.92 Å². The highest BCUT2D eigenvalue weighted by atomic mass is 16.6. The molecule has 1 heterocycles. The molecule has 0 saturated heterocycles. The van der Waals surface area contributed by atoms with Gasteiger partial charge in [0.1, 0.15) is 6.20 Å². The average molecular weight is 219 g/mol. The lowest BCUT2D eigenvalue weighted by Crippen LogP contribution is -2.37. The molecule has 0 amide bonds. The molecule has 5 heteroatoms. The van der Waals surface area contributed by atoms with Crippen molar-refractivity contribution in [3.63, 3.8) is 0 Å². The third-order valence-electron chi connectivity index (χ3n) is 3.94. The quantitative estimate of drug-likeness (QED) is 0.617. The lowest BCUT2D eigenvalue weighted by molar-refractivity contribution is -0.385. The van der Waals surface area contributed by atoms with Gasteiger partial charge in [-0.2, -0.15) is 0 Å². The maximum Gasteiger partial charge on any atom is 0.287 e. The molecule has 2 fully saturated rings. The third kappa shape index (κ3) is 1.18. The predicted octanol–water partition coefficient (Wildman–Crippen LogP) is 1.51. The van der Waals surface area contributed by atoms with Crippen LogP contribution in [0.3, 0.4) is 0 Å². The molecule has 1 aromatic rings. The number of nitrogens with two attached hydrogens (primary N) is 1. The maximum absolute atomic E-state index is 10.5. The number of pyridine rings is 1. The lowest BCUT2D eigenvalue weighted by atomic mass is 9.90. The van der Waals surface area contributed by atoms with E-state index in [9.17, 15) is 10.1 Å². The molecule has 0 aromatic carbocycles. The van der Waals surface area contributed by atoms with Crippen molar-refractivity contribution < 1.29 is 4.92 Å². The molecule has 0 spiro atoms. The molecule has 2 saturated carbocycles. The van der Waals surface area contributed by atoms with Crippen LogP contribution in [0.2, 0.25) is 0 Å². The summed E-state index contributed by atoms with van der Waals surface area (Å²) < 4.78 is 0. The van der Waals surface area contributed by atoms with Crippen LogP contribution in [-0.2, 0) is 5.41 Å². The van der Waals surface area contributed by atoms with Gasteiger partial charge in [-0.1, -0.05) is 0 Å². The van der Waals surface area contributed by atoms with E-state index in [0.29, 0.717) is 0 Å². The van der Waals surface area contributed by atoms with Gasteiger partial charge < -0.3 is 5.73 Å². The minimum Gasteiger partial charge on any atom is -0.324 e. The Bertz CT molecular complexity index is 447. The fraction of sp³-hybridized carbons (Fsp3) is 0.545. The Morgan fingerprint density at radius 3 is 2.38 bits per heavy atom. The van der Waals surface area contributed by atoms with Crippen LogP contribution in [0.1, 0.15) is 31.4 Å². The fourth-order valence-electron chi connectivity index (χ4n) is 2.52. The van der Waals surface area contributed by atoms with Crippen LogP contribution in [0.5, 0.6) is 0 Å². The van der Waals surface area contributed by atoms with Gasteiger partial charge in [0.15, 0.2) is 0 Å². The van der Waals surface area contributed by atoms with Crippen LogP contribution in [-0.4, -0.2) is 15.4 Å². The summed E-state index contributed by atoms with van der Waals surface area (Å²) in [5, 5.41) is 10.5. The van der Waals surface area contributed by atoms with Crippen LogP contribution in [0.15, 0.2) is 18.3 Å². The molecule has 0 bridgehead atoms. The first-order valence-electron chi connectivity index (χ1n) is 5.47. The molecule has 84 valence electrons. The number of nitro groups is 1. The fourth-order valence-corrected chi connectivity index (χ4v) is 2.52. The molecule has 1 aromatic heterocycles. The van der Waals surface area contributed by atoms with Crippen molar-refractivity contribution in [2.45, 2.75) is 36.6 Å². The van der Waals surface area contributed by atoms with Crippen molar-refractivity contribution in [3.8, 4) is 0 Å². The molecular formula is C11H13N3O2. The second-order valence-corrected chi connectivity index (χ2v) is 4.90. The number of rotatable bonds is 3. The highest BCUT2D eigenvalue weighted by Crippen LogP contribution is 2.63. The summed E-state index contributed by atoms with van der Waals surface area (Å²) in [6, 6.07) is 3.28. The van der Waals surface area contributed by atoms with E-state index in [1.807, 2.05) is 0 Å². The van der Waals surface area contributed by atoms with Gasteiger partial charge in [-0.15, -0.1) is 0 Å². The summed E-state index contributed by atoms with van der Waals surface area (Å²) in [5.41, 5.74) is 7.14. The smallest absolute Gasteiger partial charge is 0.287 e. The van der Waals surface area contributed by atoms with Gasteiger partial charge in [0, 0.05) is 22.7 Å². The Labute approximate surface area is 92.8 Å². The summed E-state index contributed by atoms with van der Waals surface area (Å²) >= 11 is 0. The van der Waals surface area contributed by atoms with E-state index in [1.165, 1.54) is 12.3 Å². The number of hydrogen-bond acceptors (Lipinski definition) is 4. The van der Waals surface area contributed by atoms with Crippen molar-refractivity contribution in [2.75, 3.05) is 0 Å². The van der Waals surface area contributed by atoms with Crippen LogP contribution < -0.4 is 5.73 Å². The number of nitrogens with zero attached hydrogens (tertiary/aromatic N) is 2. The van der Waals surface area contributed by atoms with Crippen molar-refractivity contribution in [3.05, 3.63) is 34.1 Å². The molecular weight excluding hydrogens is 206 g/mol. The van der Waals surface area contributed by atoms with E-state index in [-0.39, 0.29) is 16.6 Å². The van der Waals surface area contributed by atoms with Crippen molar-refractivity contribution in [2.24, 2.45) is 5.73 Å². The van der Waals surface area contributed by atoms with Crippen LogP contribution in [0.25, 0.3) is 0 Å². The molecule has 0 aliphatic heterocycles. The van der Waals surface area contributed by atoms with E-state index in [2.05, 4.69) is 4.98 Å². The topological polar surface area (TPSA) is 82.0 Å². The van der Waals surface area contributed by atoms with Crippen molar-refractivity contribution in [1.82, 2.24) is 4.98 Å². The zero-order chi connectivity index (χ0) is 11.4. The molecule has 16 heavy (non-hydrogen) atoms. The first-order chi connectivity index (χ1) is 7.57. The van der Waals surface area contributed by atoms with Gasteiger partial charge in [-0.25, -0.2) is 0 Å². The molecule has 0 atom stereocenters. The van der Waals surface area contributed by atoms with Gasteiger partial charge in [-0.3, -0.25) is 15.1 Å². The summed E-state index contributed by atoms with van der Waals surface area (Å²) in [7, 11) is 0. The Kier molecular flexibility index (Phi) is 1.70. The minimum atomic E-state index is -0.425. The first-order valence-corrected chi connectivity index (χ1v) is 5.47. The predicted molar refractivity (Wildman–Crippen MR) is 58.0 cm³/mol. The van der Waals surface area contributed by atoms with E-state index in [4.69, 9.17) is 5.73 Å². The highest BCUT2D eigenvalue weighted by Gasteiger charge is 2.64. The summed E-state index contributed by atoms with van der Waals surface area (Å²) in [5.74, 6) is 0. The largest absolute Gasteiger partial charge is 0.324 e. The second-order valence-electron chi connectivity index (χ2n) is 4.90. The van der Waals surface area contributed by atoms with Crippen molar-refractivity contribution in [1.29, 1.82) is 0 Å². The molecule has 0 radical (unpaired) electrons. The molecule has 2 N–H and O–H groups in total. The third-order valence-corrected chi connectivity index (χ3v) is 3.94. The lowest BCUT2D eigenvalue weighted by Gasteiger charge is -2.21. The number of hydrogen-bond donors (Lipinski definition) is 1. The molecule has 5 nitrogen and oxygen atoms in total. The van der Waals surface area contributed by atoms with E-state index in [1.54, 1.807) is 6.07 Å². The van der Waals surface area contributed by atoms with Crippen molar-refractivity contribution >= 4 is 5.69 Å². The number of aromatic nitrogens is 1. The van der Waals surface area contributed by atoms with Gasteiger partial charge in [-0.05, 0) is 31.7 Å². The summed E-state index contributed by atoms with van der Waals surface area (Å²) in [4.78, 5) is 14.3. The van der Waals surface area contributed by atoms with E-state index in [0.717, 1.165) is 31.4 Å². The SMILES string of the molecule is NC1(C2(c3ccc([N+](=O)[O-])cn3)CC2)CC1. The average Bonchev–Trinajstić information content (AvgIpc) is 3.13. The van der Waals surface area contributed by atoms with Gasteiger partial charge >= 0.3 is 0 Å². The first kappa shape index (κ1) is 9.72. The standard InChI is InChI=1S/C11H13N3O2/c12-11(5-6-11)10(3-4-10)9-2-1-8(7-13-9)14(15)16/h1-2,7H,3-6,12H2.